The quantitative estimate of drug-likeness (QED) is 0.836. The molecule has 2 rings (SSSR count). The van der Waals surface area contributed by atoms with Gasteiger partial charge in [0.25, 0.3) is 0 Å². The molecule has 2 heterocycles. The highest BCUT2D eigenvalue weighted by molar-refractivity contribution is 5.85. The molecule has 0 bridgehead atoms. The molecule has 0 spiro atoms. The Morgan fingerprint density at radius 3 is 2.73 bits per heavy atom. The number of amides is 1. The Kier molecular flexibility index (Phi) is 6.45. The fourth-order valence-corrected chi connectivity index (χ4v) is 1.94. The Morgan fingerprint density at radius 2 is 2.09 bits per heavy atom. The Hall–Kier alpha value is -1.99. The van der Waals surface area contributed by atoms with E-state index in [4.69, 9.17) is 10.3 Å². The number of nitrogens with one attached hydrogen (secondary N) is 1. The predicted molar refractivity (Wildman–Crippen MR) is 84.1 cm³/mol. The Balaban J connectivity index is 0.00000242. The summed E-state index contributed by atoms with van der Waals surface area (Å²) < 4.78 is 5.11. The summed E-state index contributed by atoms with van der Waals surface area (Å²) in [6, 6.07) is 3.57. The maximum Gasteiger partial charge on any atom is 0.246 e. The molecule has 120 valence electrons. The van der Waals surface area contributed by atoms with E-state index in [1.165, 1.54) is 0 Å². The van der Waals surface area contributed by atoms with Crippen LogP contribution in [0.1, 0.15) is 32.6 Å². The largest absolute Gasteiger partial charge is 0.345 e. The molecule has 0 aliphatic carbocycles. The molecule has 0 aliphatic rings. The zero-order valence-corrected chi connectivity index (χ0v) is 13.4. The van der Waals surface area contributed by atoms with E-state index in [0.717, 1.165) is 12.0 Å². The van der Waals surface area contributed by atoms with E-state index < -0.39 is 5.54 Å². The Morgan fingerprint density at radius 1 is 1.41 bits per heavy atom. The molecule has 7 nitrogen and oxygen atoms in total. The van der Waals surface area contributed by atoms with Crippen LogP contribution in [0, 0.1) is 0 Å². The highest BCUT2D eigenvalue weighted by Crippen LogP contribution is 2.14. The lowest BCUT2D eigenvalue weighted by atomic mass is 9.97. The van der Waals surface area contributed by atoms with Crippen molar-refractivity contribution in [3.63, 3.8) is 0 Å². The summed E-state index contributed by atoms with van der Waals surface area (Å²) in [5, 5.41) is 6.58. The van der Waals surface area contributed by atoms with Gasteiger partial charge in [-0.25, -0.2) is 0 Å². The Labute approximate surface area is 135 Å². The number of rotatable bonds is 6. The van der Waals surface area contributed by atoms with Crippen LogP contribution in [-0.4, -0.2) is 26.6 Å². The zero-order chi connectivity index (χ0) is 15.3. The van der Waals surface area contributed by atoms with E-state index in [-0.39, 0.29) is 24.9 Å². The first-order chi connectivity index (χ1) is 10.0. The monoisotopic (exact) mass is 325 g/mol. The van der Waals surface area contributed by atoms with E-state index in [1.54, 1.807) is 31.5 Å². The van der Waals surface area contributed by atoms with Gasteiger partial charge in [-0.1, -0.05) is 18.5 Å². The van der Waals surface area contributed by atoms with Gasteiger partial charge >= 0.3 is 0 Å². The highest BCUT2D eigenvalue weighted by atomic mass is 35.5. The molecule has 1 atom stereocenters. The number of hydrogen-bond donors (Lipinski definition) is 2. The van der Waals surface area contributed by atoms with Crippen molar-refractivity contribution in [3.8, 4) is 11.4 Å². The first-order valence-corrected chi connectivity index (χ1v) is 6.83. The number of carbonyl (C=O) groups excluding carboxylic acids is 1. The number of pyridine rings is 1. The smallest absolute Gasteiger partial charge is 0.246 e. The minimum atomic E-state index is -0.886. The second-order valence-electron chi connectivity index (χ2n) is 5.10. The number of nitrogens with two attached hydrogens (primary N) is 1. The number of carbonyl (C=O) groups is 1. The average molecular weight is 326 g/mol. The maximum absolute atomic E-state index is 12.0. The minimum absolute atomic E-state index is 0. The van der Waals surface area contributed by atoms with Crippen molar-refractivity contribution in [1.29, 1.82) is 0 Å². The molecule has 3 N–H and O–H groups in total. The zero-order valence-electron chi connectivity index (χ0n) is 12.6. The van der Waals surface area contributed by atoms with E-state index in [1.807, 2.05) is 6.92 Å². The van der Waals surface area contributed by atoms with Crippen LogP contribution in [0.3, 0.4) is 0 Å². The molecule has 22 heavy (non-hydrogen) atoms. The van der Waals surface area contributed by atoms with Crippen LogP contribution < -0.4 is 11.1 Å². The van der Waals surface area contributed by atoms with Gasteiger partial charge in [-0.15, -0.1) is 12.4 Å². The number of aromatic nitrogens is 3. The summed E-state index contributed by atoms with van der Waals surface area (Å²) in [6.45, 7) is 3.85. The fourth-order valence-electron chi connectivity index (χ4n) is 1.94. The minimum Gasteiger partial charge on any atom is -0.345 e. The average Bonchev–Trinajstić information content (AvgIpc) is 2.94. The third-order valence-corrected chi connectivity index (χ3v) is 3.09. The molecule has 0 radical (unpaired) electrons. The summed E-state index contributed by atoms with van der Waals surface area (Å²) in [7, 11) is 0. The fraction of sp³-hybridized carbons (Fsp3) is 0.429. The third-order valence-electron chi connectivity index (χ3n) is 3.09. The van der Waals surface area contributed by atoms with Gasteiger partial charge in [-0.3, -0.25) is 9.78 Å². The summed E-state index contributed by atoms with van der Waals surface area (Å²) in [5.74, 6) is 0.571. The van der Waals surface area contributed by atoms with Crippen LogP contribution in [0.25, 0.3) is 11.4 Å². The lowest BCUT2D eigenvalue weighted by Crippen LogP contribution is -2.51. The molecule has 1 amide bonds. The molecular formula is C14H20ClN5O2. The van der Waals surface area contributed by atoms with Crippen molar-refractivity contribution in [2.75, 3.05) is 0 Å². The van der Waals surface area contributed by atoms with Crippen molar-refractivity contribution < 1.29 is 9.32 Å². The van der Waals surface area contributed by atoms with Crippen LogP contribution in [0.2, 0.25) is 0 Å². The highest BCUT2D eigenvalue weighted by Gasteiger charge is 2.27. The molecule has 0 saturated heterocycles. The van der Waals surface area contributed by atoms with Crippen molar-refractivity contribution in [2.24, 2.45) is 5.73 Å². The van der Waals surface area contributed by atoms with Gasteiger partial charge in [0.1, 0.15) is 0 Å². The topological polar surface area (TPSA) is 107 Å². The van der Waals surface area contributed by atoms with E-state index in [9.17, 15) is 4.79 Å². The van der Waals surface area contributed by atoms with E-state index in [0.29, 0.717) is 18.1 Å². The van der Waals surface area contributed by atoms with Gasteiger partial charge < -0.3 is 15.6 Å². The number of hydrogen-bond acceptors (Lipinski definition) is 6. The summed E-state index contributed by atoms with van der Waals surface area (Å²) >= 11 is 0. The second kappa shape index (κ2) is 7.86. The van der Waals surface area contributed by atoms with E-state index >= 15 is 0 Å². The summed E-state index contributed by atoms with van der Waals surface area (Å²) in [4.78, 5) is 20.1. The molecule has 0 aromatic carbocycles. The number of nitrogens with zero attached hydrogens (tertiary/aromatic N) is 3. The first kappa shape index (κ1) is 18.1. The first-order valence-electron chi connectivity index (χ1n) is 6.83. The number of halogens is 1. The SMILES string of the molecule is CCCC(C)(N)C(=O)NCc1nc(-c2ccncc2)no1.Cl. The molecule has 0 saturated carbocycles. The lowest BCUT2D eigenvalue weighted by molar-refractivity contribution is -0.126. The molecule has 2 aromatic rings. The molecule has 0 fully saturated rings. The van der Waals surface area contributed by atoms with Gasteiger partial charge in [-0.2, -0.15) is 4.98 Å². The molecule has 0 aliphatic heterocycles. The van der Waals surface area contributed by atoms with Gasteiger partial charge in [0.2, 0.25) is 17.6 Å². The normalized spacial score (nSPS) is 13.0. The maximum atomic E-state index is 12.0. The van der Waals surface area contributed by atoms with Crippen molar-refractivity contribution >= 4 is 18.3 Å². The molecule has 2 aromatic heterocycles. The van der Waals surface area contributed by atoms with Crippen LogP contribution >= 0.6 is 12.4 Å². The predicted octanol–water partition coefficient (Wildman–Crippen LogP) is 1.69. The van der Waals surface area contributed by atoms with Crippen molar-refractivity contribution in [2.45, 2.75) is 38.8 Å². The third kappa shape index (κ3) is 4.51. The standard InChI is InChI=1S/C14H19N5O2.ClH/c1-3-6-14(2,15)13(20)17-9-11-18-12(19-21-11)10-4-7-16-8-5-10;/h4-5,7-8H,3,6,9,15H2,1-2H3,(H,17,20);1H. The lowest BCUT2D eigenvalue weighted by Gasteiger charge is -2.22. The van der Waals surface area contributed by atoms with Gasteiger partial charge in [-0.05, 0) is 25.5 Å². The Bertz CT molecular complexity index is 600. The summed E-state index contributed by atoms with van der Waals surface area (Å²) in [6.07, 6.45) is 4.76. The molecular weight excluding hydrogens is 306 g/mol. The molecule has 1 unspecified atom stereocenters. The van der Waals surface area contributed by atoms with Gasteiger partial charge in [0.15, 0.2) is 0 Å². The van der Waals surface area contributed by atoms with Gasteiger partial charge in [0, 0.05) is 18.0 Å². The summed E-state index contributed by atoms with van der Waals surface area (Å²) in [5.41, 5.74) is 5.87. The van der Waals surface area contributed by atoms with Crippen LogP contribution in [-0.2, 0) is 11.3 Å². The second-order valence-corrected chi connectivity index (χ2v) is 5.10. The van der Waals surface area contributed by atoms with E-state index in [2.05, 4.69) is 20.4 Å². The van der Waals surface area contributed by atoms with Crippen LogP contribution in [0.15, 0.2) is 29.0 Å². The molecule has 8 heteroatoms. The van der Waals surface area contributed by atoms with Crippen molar-refractivity contribution in [1.82, 2.24) is 20.4 Å². The van der Waals surface area contributed by atoms with Crippen LogP contribution in [0.4, 0.5) is 0 Å². The van der Waals surface area contributed by atoms with Crippen LogP contribution in [0.5, 0.6) is 0 Å². The van der Waals surface area contributed by atoms with Gasteiger partial charge in [0.05, 0.1) is 12.1 Å². The van der Waals surface area contributed by atoms with Crippen molar-refractivity contribution in [3.05, 3.63) is 30.4 Å².